The average molecular weight is 917 g/mol. The maximum absolute atomic E-state index is 12.9. The van der Waals surface area contributed by atoms with Crippen molar-refractivity contribution < 1.29 is 104 Å². The summed E-state index contributed by atoms with van der Waals surface area (Å²) in [6.45, 7) is 0.662. The quantitative estimate of drug-likeness (QED) is 0.0740. The first-order chi connectivity index (χ1) is 30.8. The molecule has 10 atom stereocenters. The van der Waals surface area contributed by atoms with E-state index in [1.54, 1.807) is 18.2 Å². The third kappa shape index (κ3) is 11.8. The molecule has 2 aliphatic heterocycles. The first-order valence-corrected chi connectivity index (χ1v) is 20.0. The Balaban J connectivity index is 0.000000302. The Kier molecular flexibility index (Phi) is 16.6. The van der Waals surface area contributed by atoms with Gasteiger partial charge in [0, 0.05) is 37.1 Å². The van der Waals surface area contributed by atoms with Crippen LogP contribution in [0.1, 0.15) is 51.6 Å². The molecule has 21 nitrogen and oxygen atoms in total. The van der Waals surface area contributed by atoms with Gasteiger partial charge in [-0.25, -0.2) is 0 Å². The van der Waals surface area contributed by atoms with Crippen LogP contribution in [-0.4, -0.2) is 160 Å². The number of aryl methyl sites for hydroxylation is 2. The molecule has 13 N–H and O–H groups in total. The van der Waals surface area contributed by atoms with E-state index < -0.39 is 108 Å². The van der Waals surface area contributed by atoms with E-state index in [9.17, 15) is 76.0 Å². The summed E-state index contributed by atoms with van der Waals surface area (Å²) >= 11 is 0. The van der Waals surface area contributed by atoms with E-state index in [1.165, 1.54) is 39.3 Å². The number of ether oxygens (including phenoxy) is 6. The largest absolute Gasteiger partial charge is 0.508 e. The van der Waals surface area contributed by atoms with Crippen LogP contribution in [0.3, 0.4) is 0 Å². The molecule has 6 rings (SSSR count). The second-order valence-corrected chi connectivity index (χ2v) is 15.2. The minimum absolute atomic E-state index is 0.0252. The molecule has 0 saturated carbocycles. The summed E-state index contributed by atoms with van der Waals surface area (Å²) in [4.78, 5) is 24.9. The van der Waals surface area contributed by atoms with Crippen LogP contribution in [0.25, 0.3) is 0 Å². The first kappa shape index (κ1) is 49.9. The molecule has 0 bridgehead atoms. The molecular weight excluding hydrogens is 864 g/mol. The lowest BCUT2D eigenvalue weighted by atomic mass is 9.97. The lowest BCUT2D eigenvalue weighted by Crippen LogP contribution is -2.64. The topological polar surface area (TPSA) is 353 Å². The van der Waals surface area contributed by atoms with Gasteiger partial charge < -0.3 is 94.8 Å². The highest BCUT2D eigenvalue weighted by Crippen LogP contribution is 2.38. The first-order valence-electron chi connectivity index (χ1n) is 20.0. The van der Waals surface area contributed by atoms with Crippen molar-refractivity contribution in [3.05, 3.63) is 82.9 Å². The SMILES string of the molecule is COc1ccc(CCC(=O)c2c(O)cc(O)cc2O)cc1O.COc1ccc(CCC(=O)c2c(O)cc(O[C@@H]3O[C@H](CO)[C@@H](O)[C@H](O)[C@H]3OC3O[C@@H](C)[C@H](O)[C@@H](O)[C@H]3O)cc2O)cc1O. The number of ketones is 2. The molecule has 2 fully saturated rings. The average Bonchev–Trinajstić information content (AvgIpc) is 3.25. The number of phenols is 7. The van der Waals surface area contributed by atoms with E-state index in [4.69, 9.17) is 28.4 Å². The number of benzene rings is 4. The highest BCUT2D eigenvalue weighted by atomic mass is 16.8. The van der Waals surface area contributed by atoms with Crippen molar-refractivity contribution >= 4 is 11.6 Å². The standard InChI is InChI=1S/C28H36O15.C16H16O6/c1-11-21(34)23(36)25(38)27(40-11)43-26-24(37)22(35)19(10-29)42-28(26)41-13-8-16(32)20(17(33)9-13)14(30)5-3-12-4-6-18(39-2)15(31)7-12;1-22-15-5-3-9(6-12(15)19)2-4-11(18)16-13(20)7-10(17)8-14(16)21/h4,6-9,11,19,21-29,31-38H,3,5,10H2,1-2H3;3,5-8,17,19-21H,2,4H2,1H3/t11-,19+,21-,22+,23+,24-,25+,26+,27?,28+;/m0./s1. The van der Waals surface area contributed by atoms with E-state index >= 15 is 0 Å². The molecule has 21 heteroatoms. The molecule has 1 unspecified atom stereocenters. The third-order valence-corrected chi connectivity index (χ3v) is 10.7. The summed E-state index contributed by atoms with van der Waals surface area (Å²) in [6.07, 6.45) is -15.2. The van der Waals surface area contributed by atoms with Gasteiger partial charge >= 0.3 is 0 Å². The van der Waals surface area contributed by atoms with Gasteiger partial charge in [0.15, 0.2) is 47.0 Å². The lowest BCUT2D eigenvalue weighted by Gasteiger charge is -2.45. The number of carbonyl (C=O) groups is 2. The van der Waals surface area contributed by atoms with Gasteiger partial charge in [0.25, 0.3) is 0 Å². The smallest absolute Gasteiger partial charge is 0.229 e. The van der Waals surface area contributed by atoms with E-state index in [0.29, 0.717) is 23.3 Å². The zero-order valence-corrected chi connectivity index (χ0v) is 35.2. The van der Waals surface area contributed by atoms with Gasteiger partial charge in [-0.15, -0.1) is 0 Å². The minimum Gasteiger partial charge on any atom is -0.508 e. The summed E-state index contributed by atoms with van der Waals surface area (Å²) in [6, 6.07) is 13.4. The fraction of sp³-hybridized carbons (Fsp3) is 0.409. The number of aliphatic hydroxyl groups excluding tert-OH is 6. The van der Waals surface area contributed by atoms with Gasteiger partial charge in [0.05, 0.1) is 26.9 Å². The zero-order chi connectivity index (χ0) is 47.9. The predicted octanol–water partition coefficient (Wildman–Crippen LogP) is 0.991. The summed E-state index contributed by atoms with van der Waals surface area (Å²) in [7, 11) is 2.84. The van der Waals surface area contributed by atoms with Gasteiger partial charge in [-0.3, -0.25) is 9.59 Å². The highest BCUT2D eigenvalue weighted by molar-refractivity contribution is 6.02. The molecular formula is C44H52O21. The molecule has 4 aromatic rings. The molecule has 354 valence electrons. The Hall–Kier alpha value is -6.14. The molecule has 4 aromatic carbocycles. The maximum Gasteiger partial charge on any atom is 0.229 e. The van der Waals surface area contributed by atoms with Gasteiger partial charge in [-0.2, -0.15) is 0 Å². The van der Waals surface area contributed by atoms with E-state index in [2.05, 4.69) is 0 Å². The molecule has 65 heavy (non-hydrogen) atoms. The van der Waals surface area contributed by atoms with Gasteiger partial charge in [0.2, 0.25) is 6.29 Å². The van der Waals surface area contributed by atoms with Crippen molar-refractivity contribution in [3.8, 4) is 57.5 Å². The van der Waals surface area contributed by atoms with Gasteiger partial charge in [0.1, 0.15) is 82.2 Å². The normalized spacial score (nSPS) is 25.2. The Labute approximate surface area is 370 Å². The maximum atomic E-state index is 12.9. The summed E-state index contributed by atoms with van der Waals surface area (Å²) in [5, 5.41) is 130. The van der Waals surface area contributed by atoms with Gasteiger partial charge in [-0.1, -0.05) is 12.1 Å². The Morgan fingerprint density at radius 1 is 0.569 bits per heavy atom. The molecule has 0 radical (unpaired) electrons. The van der Waals surface area contributed by atoms with Crippen molar-refractivity contribution in [2.75, 3.05) is 20.8 Å². The number of hydrogen-bond acceptors (Lipinski definition) is 21. The molecule has 0 spiro atoms. The fourth-order valence-electron chi connectivity index (χ4n) is 7.08. The van der Waals surface area contributed by atoms with Crippen LogP contribution < -0.4 is 14.2 Å². The second-order valence-electron chi connectivity index (χ2n) is 15.2. The Morgan fingerprint density at radius 3 is 1.49 bits per heavy atom. The summed E-state index contributed by atoms with van der Waals surface area (Å²) in [5.74, 6) is -3.46. The van der Waals surface area contributed by atoms with Crippen LogP contribution in [0.2, 0.25) is 0 Å². The minimum atomic E-state index is -1.79. The number of aromatic hydroxyl groups is 7. The van der Waals surface area contributed by atoms with E-state index in [-0.39, 0.29) is 53.6 Å². The number of methoxy groups -OCH3 is 2. The Bertz CT molecular complexity index is 2240. The lowest BCUT2D eigenvalue weighted by molar-refractivity contribution is -0.354. The molecule has 2 aliphatic rings. The van der Waals surface area contributed by atoms with Crippen molar-refractivity contribution in [2.24, 2.45) is 0 Å². The third-order valence-electron chi connectivity index (χ3n) is 10.7. The van der Waals surface area contributed by atoms with Crippen LogP contribution in [0.5, 0.6) is 57.5 Å². The molecule has 0 aromatic heterocycles. The molecule has 0 aliphatic carbocycles. The molecule has 2 heterocycles. The van der Waals surface area contributed by atoms with E-state index in [0.717, 1.165) is 24.3 Å². The second kappa shape index (κ2) is 21.7. The van der Waals surface area contributed by atoms with E-state index in [1.807, 2.05) is 0 Å². The van der Waals surface area contributed by atoms with Crippen molar-refractivity contribution in [1.82, 2.24) is 0 Å². The monoisotopic (exact) mass is 916 g/mol. The van der Waals surface area contributed by atoms with Crippen LogP contribution >= 0.6 is 0 Å². The highest BCUT2D eigenvalue weighted by Gasteiger charge is 2.51. The van der Waals surface area contributed by atoms with Crippen LogP contribution in [0, 0.1) is 0 Å². The summed E-state index contributed by atoms with van der Waals surface area (Å²) < 4.78 is 32.2. The van der Waals surface area contributed by atoms with Crippen molar-refractivity contribution in [2.45, 2.75) is 94.0 Å². The van der Waals surface area contributed by atoms with Crippen molar-refractivity contribution in [3.63, 3.8) is 0 Å². The zero-order valence-electron chi connectivity index (χ0n) is 35.2. The predicted molar refractivity (Wildman–Crippen MR) is 221 cm³/mol. The van der Waals surface area contributed by atoms with Crippen molar-refractivity contribution in [1.29, 1.82) is 0 Å². The number of phenolic OH excluding ortho intramolecular Hbond substituents is 7. The number of hydrogen-bond donors (Lipinski definition) is 13. The van der Waals surface area contributed by atoms with Gasteiger partial charge in [-0.05, 0) is 55.2 Å². The fourth-order valence-corrected chi connectivity index (χ4v) is 7.08. The number of aliphatic hydroxyl groups is 6. The Morgan fingerprint density at radius 2 is 1.05 bits per heavy atom. The van der Waals surface area contributed by atoms with Crippen LogP contribution in [0.15, 0.2) is 60.7 Å². The number of Topliss-reactive ketones (excluding diaryl/α,β-unsaturated/α-hetero) is 2. The number of rotatable bonds is 15. The number of carbonyl (C=O) groups excluding carboxylic acids is 2. The molecule has 0 amide bonds. The van der Waals surface area contributed by atoms with Crippen LogP contribution in [-0.2, 0) is 27.1 Å². The van der Waals surface area contributed by atoms with Crippen LogP contribution in [0.4, 0.5) is 0 Å². The summed E-state index contributed by atoms with van der Waals surface area (Å²) in [5.41, 5.74) is 0.695. The molecule has 2 saturated heterocycles.